The first kappa shape index (κ1) is 12.9. The zero-order chi connectivity index (χ0) is 12.8. The second-order valence-electron chi connectivity index (χ2n) is 5.10. The number of hydrazone groups is 1. The summed E-state index contributed by atoms with van der Waals surface area (Å²) >= 11 is 0. The van der Waals surface area contributed by atoms with Crippen LogP contribution in [-0.4, -0.2) is 38.4 Å². The molecule has 0 aliphatic carbocycles. The summed E-state index contributed by atoms with van der Waals surface area (Å²) in [6, 6.07) is 8.50. The van der Waals surface area contributed by atoms with Gasteiger partial charge in [-0.05, 0) is 30.5 Å². The van der Waals surface area contributed by atoms with Crippen molar-refractivity contribution in [2.75, 3.05) is 32.1 Å². The highest BCUT2D eigenvalue weighted by atomic mass is 15.4. The molecule has 1 saturated heterocycles. The van der Waals surface area contributed by atoms with Gasteiger partial charge in [0.05, 0.1) is 6.21 Å². The van der Waals surface area contributed by atoms with Crippen molar-refractivity contribution in [2.24, 2.45) is 5.10 Å². The van der Waals surface area contributed by atoms with Crippen LogP contribution in [0.1, 0.15) is 31.2 Å². The maximum Gasteiger partial charge on any atom is 0.0542 e. The van der Waals surface area contributed by atoms with E-state index in [1.54, 1.807) is 0 Å². The van der Waals surface area contributed by atoms with Crippen LogP contribution in [0, 0.1) is 0 Å². The molecule has 98 valence electrons. The van der Waals surface area contributed by atoms with Gasteiger partial charge in [0, 0.05) is 32.9 Å². The molecule has 0 radical (unpaired) electrons. The van der Waals surface area contributed by atoms with Crippen LogP contribution >= 0.6 is 0 Å². The van der Waals surface area contributed by atoms with Crippen LogP contribution in [0.25, 0.3) is 0 Å². The standard InChI is InChI=1S/C15H23N3/c1-17(2)15-9-7-14(8-10-15)13-16-18-11-5-3-4-6-12-18/h7-10,13H,3-6,11-12H2,1-2H3. The largest absolute Gasteiger partial charge is 0.378 e. The molecule has 0 bridgehead atoms. The van der Waals surface area contributed by atoms with Gasteiger partial charge in [0.2, 0.25) is 0 Å². The lowest BCUT2D eigenvalue weighted by atomic mass is 10.2. The first-order valence-electron chi connectivity index (χ1n) is 6.82. The van der Waals surface area contributed by atoms with Crippen molar-refractivity contribution < 1.29 is 0 Å². The van der Waals surface area contributed by atoms with Gasteiger partial charge in [-0.1, -0.05) is 25.0 Å². The summed E-state index contributed by atoms with van der Waals surface area (Å²) in [6.45, 7) is 2.21. The molecule has 1 aliphatic rings. The van der Waals surface area contributed by atoms with Crippen LogP contribution in [0.2, 0.25) is 0 Å². The highest BCUT2D eigenvalue weighted by molar-refractivity contribution is 5.80. The topological polar surface area (TPSA) is 18.8 Å². The quantitative estimate of drug-likeness (QED) is 0.762. The molecule has 0 spiro atoms. The molecule has 0 saturated carbocycles. The fraction of sp³-hybridized carbons (Fsp3) is 0.533. The minimum Gasteiger partial charge on any atom is -0.378 e. The fourth-order valence-electron chi connectivity index (χ4n) is 2.18. The Morgan fingerprint density at radius 3 is 2.17 bits per heavy atom. The van der Waals surface area contributed by atoms with Crippen molar-refractivity contribution >= 4 is 11.9 Å². The minimum atomic E-state index is 1.10. The predicted octanol–water partition coefficient (Wildman–Crippen LogP) is 2.96. The normalized spacial score (nSPS) is 16.9. The van der Waals surface area contributed by atoms with E-state index in [1.807, 2.05) is 6.21 Å². The van der Waals surface area contributed by atoms with Gasteiger partial charge in [0.25, 0.3) is 0 Å². The van der Waals surface area contributed by atoms with Crippen LogP contribution in [0.3, 0.4) is 0 Å². The molecule has 1 aromatic rings. The van der Waals surface area contributed by atoms with Gasteiger partial charge in [0.15, 0.2) is 0 Å². The lowest BCUT2D eigenvalue weighted by Gasteiger charge is -2.15. The molecule has 18 heavy (non-hydrogen) atoms. The Morgan fingerprint density at radius 2 is 1.61 bits per heavy atom. The number of rotatable bonds is 3. The summed E-state index contributed by atoms with van der Waals surface area (Å²) in [5, 5.41) is 6.78. The number of anilines is 1. The van der Waals surface area contributed by atoms with Crippen molar-refractivity contribution in [2.45, 2.75) is 25.7 Å². The molecule has 1 aromatic carbocycles. The van der Waals surface area contributed by atoms with Gasteiger partial charge < -0.3 is 4.90 Å². The average Bonchev–Trinajstić information content (AvgIpc) is 2.65. The molecule has 1 fully saturated rings. The van der Waals surface area contributed by atoms with Gasteiger partial charge in [-0.15, -0.1) is 0 Å². The molecule has 3 heteroatoms. The van der Waals surface area contributed by atoms with E-state index >= 15 is 0 Å². The van der Waals surface area contributed by atoms with E-state index in [0.29, 0.717) is 0 Å². The van der Waals surface area contributed by atoms with E-state index in [0.717, 1.165) is 13.1 Å². The van der Waals surface area contributed by atoms with Crippen LogP contribution in [0.5, 0.6) is 0 Å². The summed E-state index contributed by atoms with van der Waals surface area (Å²) < 4.78 is 0. The lowest BCUT2D eigenvalue weighted by Crippen LogP contribution is -2.18. The average molecular weight is 245 g/mol. The second kappa shape index (κ2) is 6.43. The summed E-state index contributed by atoms with van der Waals surface area (Å²) in [6.07, 6.45) is 7.23. The first-order chi connectivity index (χ1) is 8.75. The molecular weight excluding hydrogens is 222 g/mol. The summed E-state index contributed by atoms with van der Waals surface area (Å²) in [5.41, 5.74) is 2.40. The third kappa shape index (κ3) is 3.76. The molecular formula is C15H23N3. The van der Waals surface area contributed by atoms with E-state index in [2.05, 4.69) is 53.4 Å². The number of hydrogen-bond acceptors (Lipinski definition) is 3. The van der Waals surface area contributed by atoms with Crippen molar-refractivity contribution in [3.8, 4) is 0 Å². The fourth-order valence-corrected chi connectivity index (χ4v) is 2.18. The highest BCUT2D eigenvalue weighted by Gasteiger charge is 2.05. The summed E-state index contributed by atoms with van der Waals surface area (Å²) in [7, 11) is 4.11. The van der Waals surface area contributed by atoms with Gasteiger partial charge in [0.1, 0.15) is 0 Å². The first-order valence-corrected chi connectivity index (χ1v) is 6.82. The van der Waals surface area contributed by atoms with Crippen LogP contribution in [0.15, 0.2) is 29.4 Å². The maximum absolute atomic E-state index is 4.58. The maximum atomic E-state index is 4.58. The van der Waals surface area contributed by atoms with Crippen molar-refractivity contribution in [3.05, 3.63) is 29.8 Å². The van der Waals surface area contributed by atoms with Crippen LogP contribution < -0.4 is 4.90 Å². The zero-order valence-electron chi connectivity index (χ0n) is 11.5. The zero-order valence-corrected chi connectivity index (χ0v) is 11.5. The molecule has 0 amide bonds. The van der Waals surface area contributed by atoms with Gasteiger partial charge in [-0.2, -0.15) is 5.10 Å². The minimum absolute atomic E-state index is 1.10. The molecule has 0 aromatic heterocycles. The smallest absolute Gasteiger partial charge is 0.0542 e. The Morgan fingerprint density at radius 1 is 1.00 bits per heavy atom. The van der Waals surface area contributed by atoms with Crippen molar-refractivity contribution in [3.63, 3.8) is 0 Å². The van der Waals surface area contributed by atoms with Crippen LogP contribution in [-0.2, 0) is 0 Å². The predicted molar refractivity (Wildman–Crippen MR) is 78.4 cm³/mol. The third-order valence-electron chi connectivity index (χ3n) is 3.36. The van der Waals surface area contributed by atoms with E-state index in [1.165, 1.54) is 36.9 Å². The molecule has 1 heterocycles. The lowest BCUT2D eigenvalue weighted by molar-refractivity contribution is 0.302. The molecule has 1 aliphatic heterocycles. The molecule has 0 atom stereocenters. The van der Waals surface area contributed by atoms with Crippen molar-refractivity contribution in [1.29, 1.82) is 0 Å². The Balaban J connectivity index is 1.95. The SMILES string of the molecule is CN(C)c1ccc(C=NN2CCCCCC2)cc1. The number of hydrogen-bond donors (Lipinski definition) is 0. The summed E-state index contributed by atoms with van der Waals surface area (Å²) in [4.78, 5) is 2.11. The molecule has 0 N–H and O–H groups in total. The Labute approximate surface area is 110 Å². The molecule has 2 rings (SSSR count). The highest BCUT2D eigenvalue weighted by Crippen LogP contribution is 2.12. The Bertz CT molecular complexity index is 373. The van der Waals surface area contributed by atoms with E-state index < -0.39 is 0 Å². The third-order valence-corrected chi connectivity index (χ3v) is 3.36. The summed E-state index contributed by atoms with van der Waals surface area (Å²) in [5.74, 6) is 0. The molecule has 3 nitrogen and oxygen atoms in total. The Kier molecular flexibility index (Phi) is 4.62. The van der Waals surface area contributed by atoms with Crippen LogP contribution in [0.4, 0.5) is 5.69 Å². The van der Waals surface area contributed by atoms with E-state index in [4.69, 9.17) is 0 Å². The van der Waals surface area contributed by atoms with Gasteiger partial charge in [-0.3, -0.25) is 5.01 Å². The van der Waals surface area contributed by atoms with Gasteiger partial charge >= 0.3 is 0 Å². The monoisotopic (exact) mass is 245 g/mol. The van der Waals surface area contributed by atoms with E-state index in [9.17, 15) is 0 Å². The van der Waals surface area contributed by atoms with Crippen molar-refractivity contribution in [1.82, 2.24) is 5.01 Å². The number of nitrogens with zero attached hydrogens (tertiary/aromatic N) is 3. The molecule has 0 unspecified atom stereocenters. The Hall–Kier alpha value is -1.51. The van der Waals surface area contributed by atoms with E-state index in [-0.39, 0.29) is 0 Å². The number of benzene rings is 1. The van der Waals surface area contributed by atoms with Gasteiger partial charge in [-0.25, -0.2) is 0 Å². The second-order valence-corrected chi connectivity index (χ2v) is 5.10.